The van der Waals surface area contributed by atoms with Crippen molar-refractivity contribution in [3.8, 4) is 17.2 Å². The molecule has 6 heteroatoms. The van der Waals surface area contributed by atoms with Gasteiger partial charge in [0.1, 0.15) is 39.3 Å². The predicted molar refractivity (Wildman–Crippen MR) is 99.4 cm³/mol. The van der Waals surface area contributed by atoms with Crippen LogP contribution in [0.3, 0.4) is 0 Å². The van der Waals surface area contributed by atoms with Gasteiger partial charge in [-0.2, -0.15) is 0 Å². The summed E-state index contributed by atoms with van der Waals surface area (Å²) in [6.07, 6.45) is 0. The molecule has 26 heavy (non-hydrogen) atoms. The number of halogens is 1. The van der Waals surface area contributed by atoms with Crippen LogP contribution in [0.4, 0.5) is 0 Å². The number of fused-ring (bicyclic) bond motifs is 1. The van der Waals surface area contributed by atoms with E-state index in [0.29, 0.717) is 0 Å². The molecule has 2 aromatic rings. The summed E-state index contributed by atoms with van der Waals surface area (Å²) in [6.45, 7) is 6.96. The van der Waals surface area contributed by atoms with E-state index in [1.54, 1.807) is 16.9 Å². The molecule has 2 aliphatic heterocycles. The molecule has 1 saturated heterocycles. The van der Waals surface area contributed by atoms with Crippen LogP contribution >= 0.6 is 11.6 Å². The van der Waals surface area contributed by atoms with Crippen LogP contribution in [0.2, 0.25) is 5.02 Å². The van der Waals surface area contributed by atoms with Gasteiger partial charge in [-0.1, -0.05) is 23.7 Å². The van der Waals surface area contributed by atoms with E-state index in [-0.39, 0.29) is 6.79 Å². The average Bonchev–Trinajstić information content (AvgIpc) is 3.11. The Hall–Kier alpha value is -1.95. The highest BCUT2D eigenvalue weighted by molar-refractivity contribution is 6.30. The van der Waals surface area contributed by atoms with E-state index < -0.39 is 0 Å². The van der Waals surface area contributed by atoms with Gasteiger partial charge in [0.15, 0.2) is 11.5 Å². The van der Waals surface area contributed by atoms with Gasteiger partial charge in [-0.25, -0.2) is 0 Å². The van der Waals surface area contributed by atoms with Crippen LogP contribution < -0.4 is 24.0 Å². The fourth-order valence-corrected chi connectivity index (χ4v) is 4.03. The van der Waals surface area contributed by atoms with Crippen LogP contribution in [0.15, 0.2) is 36.4 Å². The molecule has 0 saturated carbocycles. The average molecular weight is 377 g/mol. The second-order valence-electron chi connectivity index (χ2n) is 7.02. The second-order valence-corrected chi connectivity index (χ2v) is 7.45. The molecule has 0 unspecified atom stereocenters. The van der Waals surface area contributed by atoms with Crippen molar-refractivity contribution < 1.29 is 24.0 Å². The molecule has 0 atom stereocenters. The van der Waals surface area contributed by atoms with Crippen molar-refractivity contribution in [3.05, 3.63) is 52.5 Å². The summed E-state index contributed by atoms with van der Waals surface area (Å²) < 4.78 is 16.5. The number of hydrogen-bond acceptors (Lipinski definition) is 3. The van der Waals surface area contributed by atoms with Crippen LogP contribution in [0.25, 0.3) is 0 Å². The number of ether oxygens (including phenoxy) is 3. The van der Waals surface area contributed by atoms with E-state index in [4.69, 9.17) is 25.8 Å². The van der Waals surface area contributed by atoms with Crippen LogP contribution in [0, 0.1) is 0 Å². The number of quaternary nitrogens is 2. The molecule has 4 rings (SSSR count). The maximum Gasteiger partial charge on any atom is 0.231 e. The monoisotopic (exact) mass is 376 g/mol. The molecule has 0 spiro atoms. The van der Waals surface area contributed by atoms with Gasteiger partial charge in [0.2, 0.25) is 12.5 Å². The first-order chi connectivity index (χ1) is 12.7. The maximum absolute atomic E-state index is 6.10. The molecule has 0 bridgehead atoms. The Morgan fingerprint density at radius 2 is 1.69 bits per heavy atom. The van der Waals surface area contributed by atoms with Crippen molar-refractivity contribution in [2.75, 3.05) is 40.1 Å². The van der Waals surface area contributed by atoms with E-state index in [0.717, 1.165) is 48.5 Å². The molecule has 2 aliphatic rings. The number of methoxy groups -OCH3 is 1. The SMILES string of the molecule is COc1cc(C[NH+]2CC[NH+](Cc3cccc(Cl)c3)CC2)cc2c1OCO2. The maximum atomic E-state index is 6.10. The molecule has 5 nitrogen and oxygen atoms in total. The van der Waals surface area contributed by atoms with E-state index in [1.165, 1.54) is 24.2 Å². The topological polar surface area (TPSA) is 36.6 Å². The Bertz CT molecular complexity index is 776. The van der Waals surface area contributed by atoms with Gasteiger partial charge >= 0.3 is 0 Å². The van der Waals surface area contributed by atoms with Gasteiger partial charge in [-0.05, 0) is 24.3 Å². The summed E-state index contributed by atoms with van der Waals surface area (Å²) in [4.78, 5) is 3.22. The minimum absolute atomic E-state index is 0.271. The molecule has 0 amide bonds. The zero-order valence-electron chi connectivity index (χ0n) is 15.0. The van der Waals surface area contributed by atoms with E-state index in [1.807, 2.05) is 12.1 Å². The number of rotatable bonds is 5. The summed E-state index contributed by atoms with van der Waals surface area (Å²) in [5, 5.41) is 0.822. The smallest absolute Gasteiger partial charge is 0.231 e. The van der Waals surface area contributed by atoms with Crippen molar-refractivity contribution in [2.45, 2.75) is 13.1 Å². The third kappa shape index (κ3) is 3.90. The summed E-state index contributed by atoms with van der Waals surface area (Å²) in [6, 6.07) is 12.4. The molecule has 2 heterocycles. The quantitative estimate of drug-likeness (QED) is 0.800. The predicted octanol–water partition coefficient (Wildman–Crippen LogP) is 0.561. The summed E-state index contributed by atoms with van der Waals surface area (Å²) in [5.41, 5.74) is 2.55. The van der Waals surface area contributed by atoms with Crippen molar-refractivity contribution in [1.29, 1.82) is 0 Å². The van der Waals surface area contributed by atoms with Gasteiger partial charge in [-0.3, -0.25) is 0 Å². The highest BCUT2D eigenvalue weighted by Gasteiger charge is 2.25. The van der Waals surface area contributed by atoms with Gasteiger partial charge in [-0.15, -0.1) is 0 Å². The highest BCUT2D eigenvalue weighted by Crippen LogP contribution is 2.41. The Morgan fingerprint density at radius 1 is 0.962 bits per heavy atom. The summed E-state index contributed by atoms with van der Waals surface area (Å²) in [5.74, 6) is 2.28. The lowest BCUT2D eigenvalue weighted by molar-refractivity contribution is -1.02. The Kier molecular flexibility index (Phi) is 5.20. The molecular formula is C20H25ClN2O3+2. The summed E-state index contributed by atoms with van der Waals surface area (Å²) in [7, 11) is 1.67. The molecule has 0 aliphatic carbocycles. The van der Waals surface area contributed by atoms with Gasteiger partial charge in [0, 0.05) is 16.1 Å². The minimum Gasteiger partial charge on any atom is -0.493 e. The lowest BCUT2D eigenvalue weighted by atomic mass is 10.1. The zero-order valence-corrected chi connectivity index (χ0v) is 15.8. The Morgan fingerprint density at radius 3 is 2.38 bits per heavy atom. The number of piperazine rings is 1. The van der Waals surface area contributed by atoms with E-state index >= 15 is 0 Å². The lowest BCUT2D eigenvalue weighted by Gasteiger charge is -2.30. The third-order valence-electron chi connectivity index (χ3n) is 5.18. The van der Waals surface area contributed by atoms with Crippen molar-refractivity contribution in [3.63, 3.8) is 0 Å². The zero-order chi connectivity index (χ0) is 17.9. The van der Waals surface area contributed by atoms with Gasteiger partial charge in [0.25, 0.3) is 0 Å². The first-order valence-electron chi connectivity index (χ1n) is 9.09. The van der Waals surface area contributed by atoms with Crippen molar-refractivity contribution in [2.24, 2.45) is 0 Å². The third-order valence-corrected chi connectivity index (χ3v) is 5.41. The molecule has 0 aromatic heterocycles. The lowest BCUT2D eigenvalue weighted by Crippen LogP contribution is -3.27. The van der Waals surface area contributed by atoms with Crippen LogP contribution in [-0.4, -0.2) is 40.1 Å². The first kappa shape index (κ1) is 17.5. The molecule has 2 aromatic carbocycles. The normalized spacial score (nSPS) is 21.6. The minimum atomic E-state index is 0.271. The highest BCUT2D eigenvalue weighted by atomic mass is 35.5. The first-order valence-corrected chi connectivity index (χ1v) is 9.47. The van der Waals surface area contributed by atoms with Gasteiger partial charge < -0.3 is 24.0 Å². The Labute approximate surface area is 159 Å². The van der Waals surface area contributed by atoms with E-state index in [9.17, 15) is 0 Å². The van der Waals surface area contributed by atoms with Crippen LogP contribution in [0.1, 0.15) is 11.1 Å². The molecular weight excluding hydrogens is 352 g/mol. The molecule has 1 fully saturated rings. The number of hydrogen-bond donors (Lipinski definition) is 2. The van der Waals surface area contributed by atoms with Crippen LogP contribution in [-0.2, 0) is 13.1 Å². The molecule has 138 valence electrons. The number of benzene rings is 2. The van der Waals surface area contributed by atoms with Crippen LogP contribution in [0.5, 0.6) is 17.2 Å². The largest absolute Gasteiger partial charge is 0.493 e. The second kappa shape index (κ2) is 7.74. The van der Waals surface area contributed by atoms with E-state index in [2.05, 4.69) is 24.3 Å². The molecule has 2 N–H and O–H groups in total. The number of nitrogens with one attached hydrogen (secondary N) is 2. The Balaban J connectivity index is 1.34. The fraction of sp³-hybridized carbons (Fsp3) is 0.400. The summed E-state index contributed by atoms with van der Waals surface area (Å²) >= 11 is 6.10. The van der Waals surface area contributed by atoms with Crippen molar-refractivity contribution >= 4 is 11.6 Å². The van der Waals surface area contributed by atoms with Gasteiger partial charge in [0.05, 0.1) is 7.11 Å². The standard InChI is InChI=1S/C20H23ClN2O3/c1-24-18-10-16(11-19-20(18)26-14-25-19)13-23-7-5-22(6-8-23)12-15-3-2-4-17(21)9-15/h2-4,9-11H,5-8,12-14H2,1H3/p+2. The van der Waals surface area contributed by atoms with Crippen molar-refractivity contribution in [1.82, 2.24) is 0 Å². The fourth-order valence-electron chi connectivity index (χ4n) is 3.82. The molecule has 0 radical (unpaired) electrons.